The number of nitriles is 1. The topological polar surface area (TPSA) is 85.2 Å². The van der Waals surface area contributed by atoms with Gasteiger partial charge < -0.3 is 15.5 Å². The highest BCUT2D eigenvalue weighted by atomic mass is 16.2. The number of carbonyl (C=O) groups is 2. The summed E-state index contributed by atoms with van der Waals surface area (Å²) in [5.41, 5.74) is 2.48. The molecule has 2 rings (SSSR count). The minimum Gasteiger partial charge on any atom is -0.372 e. The van der Waals surface area contributed by atoms with Crippen LogP contribution in [0.25, 0.3) is 0 Å². The summed E-state index contributed by atoms with van der Waals surface area (Å²) in [6, 6.07) is 14.4. The van der Waals surface area contributed by atoms with Gasteiger partial charge in [0, 0.05) is 30.2 Å². The van der Waals surface area contributed by atoms with Crippen molar-refractivity contribution in [2.75, 3.05) is 28.6 Å². The normalized spacial score (nSPS) is 10.8. The van der Waals surface area contributed by atoms with E-state index >= 15 is 0 Å². The van der Waals surface area contributed by atoms with Crippen LogP contribution in [-0.4, -0.2) is 24.9 Å². The van der Waals surface area contributed by atoms with Crippen LogP contribution in [0.1, 0.15) is 38.8 Å². The van der Waals surface area contributed by atoms with Gasteiger partial charge in [-0.2, -0.15) is 5.26 Å². The molecule has 29 heavy (non-hydrogen) atoms. The van der Waals surface area contributed by atoms with E-state index in [1.807, 2.05) is 31.2 Å². The Morgan fingerprint density at radius 3 is 2.10 bits per heavy atom. The monoisotopic (exact) mass is 392 g/mol. The first-order valence-electron chi connectivity index (χ1n) is 9.71. The lowest BCUT2D eigenvalue weighted by Crippen LogP contribution is -2.41. The average molecular weight is 393 g/mol. The van der Waals surface area contributed by atoms with Crippen LogP contribution in [0.5, 0.6) is 0 Å². The third-order valence-electron chi connectivity index (χ3n) is 4.99. The van der Waals surface area contributed by atoms with Crippen LogP contribution in [0.2, 0.25) is 0 Å². The zero-order valence-electron chi connectivity index (χ0n) is 17.7. The SMILES string of the molecule is CCN(CC)c1ccc(NC(=O)C(C)(C)C(=O)Nc2ccc(C#N)cc2)c(C)c1. The summed E-state index contributed by atoms with van der Waals surface area (Å²) < 4.78 is 0. The summed E-state index contributed by atoms with van der Waals surface area (Å²) in [5.74, 6) is -0.806. The molecule has 0 fully saturated rings. The first kappa shape index (κ1) is 22.0. The molecule has 152 valence electrons. The molecule has 0 aliphatic carbocycles. The second-order valence-corrected chi connectivity index (χ2v) is 7.39. The van der Waals surface area contributed by atoms with E-state index in [2.05, 4.69) is 29.4 Å². The largest absolute Gasteiger partial charge is 0.372 e. The summed E-state index contributed by atoms with van der Waals surface area (Å²) in [7, 11) is 0. The van der Waals surface area contributed by atoms with E-state index in [1.54, 1.807) is 38.1 Å². The molecule has 0 heterocycles. The highest BCUT2D eigenvalue weighted by Gasteiger charge is 2.36. The highest BCUT2D eigenvalue weighted by molar-refractivity contribution is 6.14. The predicted molar refractivity (Wildman–Crippen MR) is 117 cm³/mol. The minimum absolute atomic E-state index is 0.387. The Morgan fingerprint density at radius 1 is 1.00 bits per heavy atom. The number of carbonyl (C=O) groups excluding carboxylic acids is 2. The standard InChI is InChI=1S/C23H28N4O2/c1-6-27(7-2)19-12-13-20(16(3)14-19)26-22(29)23(4,5)21(28)25-18-10-8-17(15-24)9-11-18/h8-14H,6-7H2,1-5H3,(H,25,28)(H,26,29). The van der Waals surface area contributed by atoms with Gasteiger partial charge in [-0.05, 0) is 82.6 Å². The number of nitrogens with zero attached hydrogens (tertiary/aromatic N) is 2. The van der Waals surface area contributed by atoms with Crippen molar-refractivity contribution in [1.82, 2.24) is 0 Å². The predicted octanol–water partition coefficient (Wildman–Crippen LogP) is 4.32. The van der Waals surface area contributed by atoms with E-state index in [4.69, 9.17) is 5.26 Å². The van der Waals surface area contributed by atoms with E-state index in [0.717, 1.165) is 24.3 Å². The van der Waals surface area contributed by atoms with Gasteiger partial charge in [0.05, 0.1) is 11.6 Å². The van der Waals surface area contributed by atoms with Gasteiger partial charge in [-0.3, -0.25) is 9.59 Å². The molecule has 0 saturated heterocycles. The third-order valence-corrected chi connectivity index (χ3v) is 4.99. The molecule has 0 bridgehead atoms. The lowest BCUT2D eigenvalue weighted by Gasteiger charge is -2.25. The van der Waals surface area contributed by atoms with E-state index in [9.17, 15) is 9.59 Å². The van der Waals surface area contributed by atoms with Crippen LogP contribution in [-0.2, 0) is 9.59 Å². The van der Waals surface area contributed by atoms with Crippen molar-refractivity contribution in [3.8, 4) is 6.07 Å². The van der Waals surface area contributed by atoms with Crippen molar-refractivity contribution in [2.45, 2.75) is 34.6 Å². The van der Waals surface area contributed by atoms with E-state index in [1.165, 1.54) is 0 Å². The van der Waals surface area contributed by atoms with Crippen molar-refractivity contribution in [3.05, 3.63) is 53.6 Å². The number of hydrogen-bond donors (Lipinski definition) is 2. The van der Waals surface area contributed by atoms with Crippen molar-refractivity contribution >= 4 is 28.9 Å². The lowest BCUT2D eigenvalue weighted by molar-refractivity contribution is -0.135. The molecule has 0 spiro atoms. The van der Waals surface area contributed by atoms with Gasteiger partial charge in [0.15, 0.2) is 0 Å². The number of benzene rings is 2. The van der Waals surface area contributed by atoms with Crippen LogP contribution in [0.4, 0.5) is 17.1 Å². The van der Waals surface area contributed by atoms with Gasteiger partial charge in [0.2, 0.25) is 11.8 Å². The molecule has 0 saturated carbocycles. The van der Waals surface area contributed by atoms with Gasteiger partial charge in [0.1, 0.15) is 5.41 Å². The second-order valence-electron chi connectivity index (χ2n) is 7.39. The number of aryl methyl sites for hydroxylation is 1. The van der Waals surface area contributed by atoms with Crippen LogP contribution in [0, 0.1) is 23.7 Å². The molecule has 0 atom stereocenters. The molecule has 2 amide bonds. The third kappa shape index (κ3) is 5.14. The molecule has 0 aromatic heterocycles. The van der Waals surface area contributed by atoms with Gasteiger partial charge in [0.25, 0.3) is 0 Å². The van der Waals surface area contributed by atoms with Gasteiger partial charge in [-0.25, -0.2) is 0 Å². The van der Waals surface area contributed by atoms with Crippen molar-refractivity contribution < 1.29 is 9.59 Å². The fourth-order valence-electron chi connectivity index (χ4n) is 2.87. The van der Waals surface area contributed by atoms with Crippen LogP contribution >= 0.6 is 0 Å². The van der Waals surface area contributed by atoms with E-state index in [-0.39, 0.29) is 5.91 Å². The maximum atomic E-state index is 12.8. The number of amides is 2. The lowest BCUT2D eigenvalue weighted by atomic mass is 9.90. The fraction of sp³-hybridized carbons (Fsp3) is 0.348. The van der Waals surface area contributed by atoms with Gasteiger partial charge >= 0.3 is 0 Å². The molecule has 0 unspecified atom stereocenters. The van der Waals surface area contributed by atoms with Crippen molar-refractivity contribution in [3.63, 3.8) is 0 Å². The number of rotatable bonds is 7. The Hall–Kier alpha value is -3.33. The zero-order valence-corrected chi connectivity index (χ0v) is 17.7. The summed E-state index contributed by atoms with van der Waals surface area (Å²) in [6.45, 7) is 11.1. The summed E-state index contributed by atoms with van der Waals surface area (Å²) in [6.07, 6.45) is 0. The first-order chi connectivity index (χ1) is 13.7. The summed E-state index contributed by atoms with van der Waals surface area (Å²) in [4.78, 5) is 27.7. The summed E-state index contributed by atoms with van der Waals surface area (Å²) >= 11 is 0. The van der Waals surface area contributed by atoms with Crippen molar-refractivity contribution in [2.24, 2.45) is 5.41 Å². The molecule has 6 nitrogen and oxygen atoms in total. The van der Waals surface area contributed by atoms with E-state index in [0.29, 0.717) is 16.9 Å². The Bertz CT molecular complexity index is 923. The van der Waals surface area contributed by atoms with Crippen LogP contribution in [0.15, 0.2) is 42.5 Å². The fourth-order valence-corrected chi connectivity index (χ4v) is 2.87. The molecule has 0 aliphatic heterocycles. The molecule has 6 heteroatoms. The molecule has 0 radical (unpaired) electrons. The number of hydrogen-bond acceptors (Lipinski definition) is 4. The van der Waals surface area contributed by atoms with Gasteiger partial charge in [-0.15, -0.1) is 0 Å². The molecule has 2 aromatic carbocycles. The Labute approximate surface area is 172 Å². The zero-order chi connectivity index (χ0) is 21.6. The van der Waals surface area contributed by atoms with Gasteiger partial charge in [-0.1, -0.05) is 0 Å². The van der Waals surface area contributed by atoms with Crippen molar-refractivity contribution in [1.29, 1.82) is 5.26 Å². The number of nitrogens with one attached hydrogen (secondary N) is 2. The highest BCUT2D eigenvalue weighted by Crippen LogP contribution is 2.26. The molecule has 0 aliphatic rings. The summed E-state index contributed by atoms with van der Waals surface area (Å²) in [5, 5.41) is 14.5. The molecule has 2 N–H and O–H groups in total. The maximum Gasteiger partial charge on any atom is 0.239 e. The molecular weight excluding hydrogens is 364 g/mol. The van der Waals surface area contributed by atoms with Crippen LogP contribution < -0.4 is 15.5 Å². The number of anilines is 3. The molecular formula is C23H28N4O2. The van der Waals surface area contributed by atoms with E-state index < -0.39 is 11.3 Å². The Kier molecular flexibility index (Phi) is 7.00. The maximum absolute atomic E-state index is 12.8. The Morgan fingerprint density at radius 2 is 1.59 bits per heavy atom. The Balaban J connectivity index is 2.11. The second kappa shape index (κ2) is 9.24. The average Bonchev–Trinajstić information content (AvgIpc) is 2.71. The smallest absolute Gasteiger partial charge is 0.239 e. The van der Waals surface area contributed by atoms with Crippen LogP contribution in [0.3, 0.4) is 0 Å². The molecule has 2 aromatic rings. The minimum atomic E-state index is -1.28. The quantitative estimate of drug-likeness (QED) is 0.687. The first-order valence-corrected chi connectivity index (χ1v) is 9.71.